The summed E-state index contributed by atoms with van der Waals surface area (Å²) in [5.74, 6) is -0.198. The molecule has 2 aromatic rings. The predicted molar refractivity (Wildman–Crippen MR) is 103 cm³/mol. The van der Waals surface area contributed by atoms with Gasteiger partial charge in [0, 0.05) is 25.7 Å². The smallest absolute Gasteiger partial charge is 0.329 e. The van der Waals surface area contributed by atoms with Gasteiger partial charge >= 0.3 is 6.03 Å². The third kappa shape index (κ3) is 3.77. The SMILES string of the molecule is O=C1NC(Cc2ccccc2)C(=O)N1C1=CCN(Cc2ccccc2)C=C1. The second kappa shape index (κ2) is 7.50. The first-order valence-corrected chi connectivity index (χ1v) is 9.05. The number of carbonyl (C=O) groups excluding carboxylic acids is 2. The van der Waals surface area contributed by atoms with Crippen molar-refractivity contribution in [3.05, 3.63) is 95.8 Å². The van der Waals surface area contributed by atoms with Gasteiger partial charge in [-0.05, 0) is 23.3 Å². The normalized spacial score (nSPS) is 19.3. The van der Waals surface area contributed by atoms with Crippen LogP contribution in [0.1, 0.15) is 11.1 Å². The van der Waals surface area contributed by atoms with Gasteiger partial charge in [-0.25, -0.2) is 9.69 Å². The quantitative estimate of drug-likeness (QED) is 0.835. The van der Waals surface area contributed by atoms with E-state index in [-0.39, 0.29) is 11.9 Å². The first-order chi connectivity index (χ1) is 13.2. The molecule has 0 aliphatic carbocycles. The van der Waals surface area contributed by atoms with Crippen LogP contribution in [0.15, 0.2) is 84.7 Å². The largest absolute Gasteiger partial charge is 0.369 e. The summed E-state index contributed by atoms with van der Waals surface area (Å²) in [5.41, 5.74) is 2.88. The molecular weight excluding hydrogens is 338 g/mol. The molecule has 5 heteroatoms. The van der Waals surface area contributed by atoms with Crippen molar-refractivity contribution in [3.63, 3.8) is 0 Å². The lowest BCUT2D eigenvalue weighted by atomic mass is 10.1. The van der Waals surface area contributed by atoms with Gasteiger partial charge in [-0.2, -0.15) is 0 Å². The average molecular weight is 359 g/mol. The van der Waals surface area contributed by atoms with E-state index in [1.54, 1.807) is 0 Å². The molecule has 1 fully saturated rings. The molecule has 2 aliphatic heterocycles. The van der Waals surface area contributed by atoms with Gasteiger partial charge < -0.3 is 10.2 Å². The van der Waals surface area contributed by atoms with E-state index in [4.69, 9.17) is 0 Å². The molecule has 136 valence electrons. The molecule has 0 saturated carbocycles. The number of hydrogen-bond donors (Lipinski definition) is 1. The van der Waals surface area contributed by atoms with Crippen molar-refractivity contribution in [2.24, 2.45) is 0 Å². The zero-order chi connectivity index (χ0) is 18.6. The Morgan fingerprint density at radius 2 is 1.59 bits per heavy atom. The third-order valence-electron chi connectivity index (χ3n) is 4.78. The molecule has 5 nitrogen and oxygen atoms in total. The van der Waals surface area contributed by atoms with Gasteiger partial charge in [0.1, 0.15) is 6.04 Å². The maximum absolute atomic E-state index is 12.7. The van der Waals surface area contributed by atoms with Crippen LogP contribution >= 0.6 is 0 Å². The van der Waals surface area contributed by atoms with Crippen molar-refractivity contribution >= 4 is 11.9 Å². The molecule has 4 rings (SSSR count). The fourth-order valence-corrected chi connectivity index (χ4v) is 3.39. The number of nitrogens with zero attached hydrogens (tertiary/aromatic N) is 2. The summed E-state index contributed by atoms with van der Waals surface area (Å²) in [4.78, 5) is 28.5. The van der Waals surface area contributed by atoms with E-state index in [0.29, 0.717) is 18.7 Å². The molecule has 0 spiro atoms. The zero-order valence-corrected chi connectivity index (χ0v) is 14.9. The van der Waals surface area contributed by atoms with E-state index in [9.17, 15) is 9.59 Å². The lowest BCUT2D eigenvalue weighted by Gasteiger charge is -2.25. The van der Waals surface area contributed by atoms with E-state index in [2.05, 4.69) is 22.3 Å². The monoisotopic (exact) mass is 359 g/mol. The maximum Gasteiger partial charge on any atom is 0.329 e. The topological polar surface area (TPSA) is 52.7 Å². The molecule has 1 unspecified atom stereocenters. The highest BCUT2D eigenvalue weighted by Gasteiger charge is 2.39. The van der Waals surface area contributed by atoms with Crippen molar-refractivity contribution < 1.29 is 9.59 Å². The summed E-state index contributed by atoms with van der Waals surface area (Å²) in [7, 11) is 0. The van der Waals surface area contributed by atoms with Crippen LogP contribution in [0.5, 0.6) is 0 Å². The number of allylic oxidation sites excluding steroid dienone is 1. The first kappa shape index (κ1) is 17.1. The number of rotatable bonds is 5. The lowest BCUT2D eigenvalue weighted by molar-refractivity contribution is -0.126. The van der Waals surface area contributed by atoms with E-state index in [1.807, 2.05) is 66.9 Å². The highest BCUT2D eigenvalue weighted by atomic mass is 16.2. The highest BCUT2D eigenvalue weighted by molar-refractivity contribution is 6.06. The Labute approximate surface area is 158 Å². The Hall–Kier alpha value is -3.34. The van der Waals surface area contributed by atoms with Crippen molar-refractivity contribution in [1.29, 1.82) is 0 Å². The van der Waals surface area contributed by atoms with Gasteiger partial charge in [0.15, 0.2) is 0 Å². The predicted octanol–water partition coefficient (Wildman–Crippen LogP) is 3.06. The molecule has 3 amide bonds. The van der Waals surface area contributed by atoms with Crippen LogP contribution in [0.25, 0.3) is 0 Å². The van der Waals surface area contributed by atoms with E-state index >= 15 is 0 Å². The number of amides is 3. The number of hydrogen-bond acceptors (Lipinski definition) is 3. The number of carbonyl (C=O) groups is 2. The van der Waals surface area contributed by atoms with Crippen LogP contribution in [0.2, 0.25) is 0 Å². The first-order valence-electron chi connectivity index (χ1n) is 9.05. The Morgan fingerprint density at radius 1 is 0.926 bits per heavy atom. The van der Waals surface area contributed by atoms with Crippen molar-refractivity contribution in [1.82, 2.24) is 15.1 Å². The second-order valence-electron chi connectivity index (χ2n) is 6.73. The lowest BCUT2D eigenvalue weighted by Crippen LogP contribution is -2.33. The fraction of sp³-hybridized carbons (Fsp3) is 0.182. The molecule has 1 N–H and O–H groups in total. The van der Waals surface area contributed by atoms with E-state index in [1.165, 1.54) is 10.5 Å². The molecule has 0 radical (unpaired) electrons. The van der Waals surface area contributed by atoms with Crippen LogP contribution in [-0.2, 0) is 17.8 Å². The second-order valence-corrected chi connectivity index (χ2v) is 6.73. The number of imide groups is 1. The van der Waals surface area contributed by atoms with Crippen LogP contribution in [-0.4, -0.2) is 34.3 Å². The summed E-state index contributed by atoms with van der Waals surface area (Å²) in [5, 5.41) is 2.80. The summed E-state index contributed by atoms with van der Waals surface area (Å²) in [6.45, 7) is 1.44. The van der Waals surface area contributed by atoms with Crippen LogP contribution in [0.4, 0.5) is 4.79 Å². The molecule has 2 aliphatic rings. The van der Waals surface area contributed by atoms with E-state index < -0.39 is 6.04 Å². The molecule has 0 bridgehead atoms. The van der Waals surface area contributed by atoms with Gasteiger partial charge in [0.05, 0.1) is 5.70 Å². The van der Waals surface area contributed by atoms with Crippen molar-refractivity contribution in [2.45, 2.75) is 19.0 Å². The maximum atomic E-state index is 12.7. The Balaban J connectivity index is 1.41. The standard InChI is InChI=1S/C22H21N3O2/c26-21-20(15-17-7-3-1-4-8-17)23-22(27)25(21)19-11-13-24(14-12-19)16-18-9-5-2-6-10-18/h1-13,20H,14-16H2,(H,23,27). The fourth-order valence-electron chi connectivity index (χ4n) is 3.39. The summed E-state index contributed by atoms with van der Waals surface area (Å²) in [6.07, 6.45) is 6.19. The minimum Gasteiger partial charge on any atom is -0.369 e. The van der Waals surface area contributed by atoms with Gasteiger partial charge in [-0.1, -0.05) is 60.7 Å². The molecule has 27 heavy (non-hydrogen) atoms. The molecular formula is C22H21N3O2. The molecule has 1 atom stereocenters. The average Bonchev–Trinajstić information content (AvgIpc) is 2.97. The van der Waals surface area contributed by atoms with Gasteiger partial charge in [0.2, 0.25) is 0 Å². The third-order valence-corrected chi connectivity index (χ3v) is 4.78. The number of urea groups is 1. The van der Waals surface area contributed by atoms with Gasteiger partial charge in [-0.3, -0.25) is 4.79 Å². The van der Waals surface area contributed by atoms with Crippen molar-refractivity contribution in [3.8, 4) is 0 Å². The number of benzene rings is 2. The summed E-state index contributed by atoms with van der Waals surface area (Å²) in [6, 6.07) is 19.0. The molecule has 2 heterocycles. The highest BCUT2D eigenvalue weighted by Crippen LogP contribution is 2.21. The Bertz CT molecular complexity index is 890. The summed E-state index contributed by atoms with van der Waals surface area (Å²) >= 11 is 0. The minimum atomic E-state index is -0.517. The van der Waals surface area contributed by atoms with Crippen LogP contribution < -0.4 is 5.32 Å². The molecule has 1 saturated heterocycles. The van der Waals surface area contributed by atoms with Gasteiger partial charge in [-0.15, -0.1) is 0 Å². The van der Waals surface area contributed by atoms with Gasteiger partial charge in [0.25, 0.3) is 5.91 Å². The molecule has 2 aromatic carbocycles. The molecule has 0 aromatic heterocycles. The number of nitrogens with one attached hydrogen (secondary N) is 1. The van der Waals surface area contributed by atoms with Crippen LogP contribution in [0, 0.1) is 0 Å². The zero-order valence-electron chi connectivity index (χ0n) is 14.9. The Kier molecular flexibility index (Phi) is 4.75. The Morgan fingerprint density at radius 3 is 2.22 bits per heavy atom. The van der Waals surface area contributed by atoms with E-state index in [0.717, 1.165) is 12.1 Å². The minimum absolute atomic E-state index is 0.198. The van der Waals surface area contributed by atoms with Crippen LogP contribution in [0.3, 0.4) is 0 Å². The van der Waals surface area contributed by atoms with Crippen molar-refractivity contribution in [2.75, 3.05) is 6.54 Å². The summed E-state index contributed by atoms with van der Waals surface area (Å²) < 4.78 is 0.